The number of hydrogen-bond donors (Lipinski definition) is 1. The molecule has 0 spiro atoms. The number of hydrogen-bond acceptors (Lipinski definition) is 3. The molecule has 0 amide bonds. The van der Waals surface area contributed by atoms with E-state index in [2.05, 4.69) is 21.2 Å². The van der Waals surface area contributed by atoms with Crippen LogP contribution in [0, 0.1) is 0 Å². The minimum Gasteiger partial charge on any atom is -0.484 e. The third-order valence-corrected chi connectivity index (χ3v) is 3.75. The van der Waals surface area contributed by atoms with Gasteiger partial charge in [0.1, 0.15) is 17.6 Å². The molecule has 1 unspecified atom stereocenters. The summed E-state index contributed by atoms with van der Waals surface area (Å²) in [5.41, 5.74) is -0.0164. The molecule has 0 bridgehead atoms. The molecule has 3 nitrogen and oxygen atoms in total. The lowest BCUT2D eigenvalue weighted by molar-refractivity contribution is -0.139. The smallest absolute Gasteiger partial charge is 0.420 e. The van der Waals surface area contributed by atoms with Gasteiger partial charge in [0.25, 0.3) is 0 Å². The van der Waals surface area contributed by atoms with E-state index in [9.17, 15) is 13.2 Å². The summed E-state index contributed by atoms with van der Waals surface area (Å²) in [6, 6.07) is 5.59. The molecule has 0 fully saturated rings. The largest absolute Gasteiger partial charge is 0.484 e. The van der Waals surface area contributed by atoms with Crippen LogP contribution in [0.2, 0.25) is 0 Å². The molecule has 1 aromatic carbocycles. The third kappa shape index (κ3) is 2.94. The van der Waals surface area contributed by atoms with Gasteiger partial charge in [-0.15, -0.1) is 0 Å². The van der Waals surface area contributed by atoms with Crippen molar-refractivity contribution in [1.82, 2.24) is 5.32 Å². The normalized spacial score (nSPS) is 18.4. The molecule has 1 atom stereocenters. The molecule has 1 aromatic heterocycles. The van der Waals surface area contributed by atoms with E-state index in [0.29, 0.717) is 23.3 Å². The van der Waals surface area contributed by atoms with Crippen molar-refractivity contribution in [3.05, 3.63) is 51.9 Å². The van der Waals surface area contributed by atoms with Crippen LogP contribution in [0.5, 0.6) is 5.75 Å². The summed E-state index contributed by atoms with van der Waals surface area (Å²) in [5, 5.41) is 3.06. The van der Waals surface area contributed by atoms with Crippen molar-refractivity contribution in [3.63, 3.8) is 0 Å². The van der Waals surface area contributed by atoms with Crippen LogP contribution in [0.1, 0.15) is 23.0 Å². The summed E-state index contributed by atoms with van der Waals surface area (Å²) >= 11 is 3.05. The van der Waals surface area contributed by atoms with Crippen molar-refractivity contribution in [1.29, 1.82) is 0 Å². The van der Waals surface area contributed by atoms with E-state index < -0.39 is 17.8 Å². The van der Waals surface area contributed by atoms with Crippen LogP contribution in [0.15, 0.2) is 39.4 Å². The molecular formula is C14H11BrF3NO2. The second kappa shape index (κ2) is 5.38. The van der Waals surface area contributed by atoms with Gasteiger partial charge >= 0.3 is 6.18 Å². The zero-order valence-corrected chi connectivity index (χ0v) is 12.3. The molecule has 0 saturated carbocycles. The number of furan rings is 1. The van der Waals surface area contributed by atoms with Gasteiger partial charge in [-0.1, -0.05) is 15.9 Å². The first-order chi connectivity index (χ1) is 9.95. The molecule has 0 aliphatic carbocycles. The zero-order valence-electron chi connectivity index (χ0n) is 10.7. The Bertz CT molecular complexity index is 654. The minimum atomic E-state index is -4.47. The highest BCUT2D eigenvalue weighted by molar-refractivity contribution is 9.10. The lowest BCUT2D eigenvalue weighted by atomic mass is 10.1. The lowest BCUT2D eigenvalue weighted by Gasteiger charge is -2.25. The molecule has 1 aliphatic heterocycles. The Morgan fingerprint density at radius 3 is 2.86 bits per heavy atom. The number of nitrogens with one attached hydrogen (secondary N) is 1. The maximum Gasteiger partial charge on any atom is 0.420 e. The van der Waals surface area contributed by atoms with Gasteiger partial charge in [0.2, 0.25) is 0 Å². The molecule has 2 heterocycles. The number of ether oxygens (including phenoxy) is 1. The molecule has 0 radical (unpaired) electrons. The van der Waals surface area contributed by atoms with Gasteiger partial charge in [0.05, 0.1) is 18.4 Å². The first kappa shape index (κ1) is 14.5. The predicted molar refractivity (Wildman–Crippen MR) is 72.9 cm³/mol. The molecule has 112 valence electrons. The summed E-state index contributed by atoms with van der Waals surface area (Å²) in [6.07, 6.45) is -3.46. The van der Waals surface area contributed by atoms with Crippen LogP contribution < -0.4 is 10.1 Å². The quantitative estimate of drug-likeness (QED) is 0.866. The second-order valence-corrected chi connectivity index (χ2v) is 5.59. The van der Waals surface area contributed by atoms with E-state index in [1.807, 2.05) is 0 Å². The monoisotopic (exact) mass is 361 g/mol. The van der Waals surface area contributed by atoms with Crippen molar-refractivity contribution < 1.29 is 22.3 Å². The summed E-state index contributed by atoms with van der Waals surface area (Å²) in [4.78, 5) is 0. The number of benzene rings is 1. The van der Waals surface area contributed by atoms with E-state index in [1.54, 1.807) is 6.07 Å². The molecule has 1 aliphatic rings. The maximum absolute atomic E-state index is 13.1. The second-order valence-electron chi connectivity index (χ2n) is 4.67. The Labute approximate surface area is 127 Å². The average Bonchev–Trinajstić information content (AvgIpc) is 2.89. The van der Waals surface area contributed by atoms with E-state index in [4.69, 9.17) is 9.15 Å². The van der Waals surface area contributed by atoms with Crippen LogP contribution in [0.4, 0.5) is 13.2 Å². The first-order valence-electron chi connectivity index (χ1n) is 6.25. The number of halogens is 4. The molecule has 2 aromatic rings. The van der Waals surface area contributed by atoms with Crippen molar-refractivity contribution >= 4 is 15.9 Å². The highest BCUT2D eigenvalue weighted by Crippen LogP contribution is 2.40. The van der Waals surface area contributed by atoms with E-state index in [0.717, 1.165) is 11.6 Å². The van der Waals surface area contributed by atoms with Crippen LogP contribution in [0.3, 0.4) is 0 Å². The Kier molecular flexibility index (Phi) is 3.71. The standard InChI is InChI=1S/C14H11BrF3NO2/c15-8-1-2-11(10(5-8)14(16,17)18)21-13-7-19-6-12-9(13)3-4-20-12/h1-5,13,19H,6-7H2. The van der Waals surface area contributed by atoms with Gasteiger partial charge in [-0.05, 0) is 24.3 Å². The topological polar surface area (TPSA) is 34.4 Å². The fourth-order valence-electron chi connectivity index (χ4n) is 2.29. The molecular weight excluding hydrogens is 351 g/mol. The number of fused-ring (bicyclic) bond motifs is 1. The predicted octanol–water partition coefficient (Wildman–Crippen LogP) is 4.28. The van der Waals surface area contributed by atoms with Crippen molar-refractivity contribution in [3.8, 4) is 5.75 Å². The van der Waals surface area contributed by atoms with E-state index in [1.165, 1.54) is 18.4 Å². The Balaban J connectivity index is 1.93. The summed E-state index contributed by atoms with van der Waals surface area (Å²) in [7, 11) is 0. The number of alkyl halides is 3. The highest BCUT2D eigenvalue weighted by Gasteiger charge is 2.36. The molecule has 7 heteroatoms. The number of rotatable bonds is 2. The SMILES string of the molecule is FC(F)(F)c1cc(Br)ccc1OC1CNCc2occc21. The summed E-state index contributed by atoms with van der Waals surface area (Å²) in [6.45, 7) is 0.981. The van der Waals surface area contributed by atoms with Crippen LogP contribution in [-0.2, 0) is 12.7 Å². The van der Waals surface area contributed by atoms with Crippen molar-refractivity contribution in [2.45, 2.75) is 18.8 Å². The van der Waals surface area contributed by atoms with Crippen LogP contribution >= 0.6 is 15.9 Å². The highest BCUT2D eigenvalue weighted by atomic mass is 79.9. The van der Waals surface area contributed by atoms with E-state index in [-0.39, 0.29) is 5.75 Å². The zero-order chi connectivity index (χ0) is 15.0. The maximum atomic E-state index is 13.1. The molecule has 3 rings (SSSR count). The van der Waals surface area contributed by atoms with Gasteiger partial charge in [0.15, 0.2) is 0 Å². The van der Waals surface area contributed by atoms with E-state index >= 15 is 0 Å². The first-order valence-corrected chi connectivity index (χ1v) is 7.05. The van der Waals surface area contributed by atoms with Crippen LogP contribution in [-0.4, -0.2) is 6.54 Å². The summed E-state index contributed by atoms with van der Waals surface area (Å²) < 4.78 is 50.5. The Morgan fingerprint density at radius 1 is 1.29 bits per heavy atom. The third-order valence-electron chi connectivity index (χ3n) is 3.26. The van der Waals surface area contributed by atoms with Crippen molar-refractivity contribution in [2.75, 3.05) is 6.54 Å². The lowest BCUT2D eigenvalue weighted by Crippen LogP contribution is -2.30. The van der Waals surface area contributed by atoms with Gasteiger partial charge in [0, 0.05) is 16.6 Å². The minimum absolute atomic E-state index is 0.188. The van der Waals surface area contributed by atoms with Gasteiger partial charge in [-0.2, -0.15) is 13.2 Å². The summed E-state index contributed by atoms with van der Waals surface area (Å²) in [5.74, 6) is 0.503. The average molecular weight is 362 g/mol. The molecule has 21 heavy (non-hydrogen) atoms. The molecule has 0 saturated heterocycles. The van der Waals surface area contributed by atoms with Gasteiger partial charge in [-0.3, -0.25) is 0 Å². The van der Waals surface area contributed by atoms with Gasteiger partial charge < -0.3 is 14.5 Å². The fourth-order valence-corrected chi connectivity index (χ4v) is 2.65. The molecule has 1 N–H and O–H groups in total. The van der Waals surface area contributed by atoms with Crippen LogP contribution in [0.25, 0.3) is 0 Å². The fraction of sp³-hybridized carbons (Fsp3) is 0.286. The Hall–Kier alpha value is -1.47. The Morgan fingerprint density at radius 2 is 2.10 bits per heavy atom. The van der Waals surface area contributed by atoms with Crippen molar-refractivity contribution in [2.24, 2.45) is 0 Å². The van der Waals surface area contributed by atoms with Gasteiger partial charge in [-0.25, -0.2) is 0 Å².